The van der Waals surface area contributed by atoms with Gasteiger partial charge in [-0.1, -0.05) is 68.4 Å². The van der Waals surface area contributed by atoms with Gasteiger partial charge in [-0.3, -0.25) is 0 Å². The SMILES string of the molecule is [C-]#[N+]c1ccc(N(c2ccc(CO)cc2)c2ccc3c(c2)C(C)(C)c2ccccc2-3)cc1. The minimum atomic E-state index is -0.0810. The van der Waals surface area contributed by atoms with Gasteiger partial charge in [-0.15, -0.1) is 0 Å². The van der Waals surface area contributed by atoms with E-state index in [4.69, 9.17) is 6.57 Å². The molecule has 4 aromatic rings. The summed E-state index contributed by atoms with van der Waals surface area (Å²) in [5, 5.41) is 9.47. The molecule has 0 fully saturated rings. The molecule has 0 aromatic heterocycles. The Kier molecular flexibility index (Phi) is 4.81. The van der Waals surface area contributed by atoms with Gasteiger partial charge in [0.05, 0.1) is 13.2 Å². The minimum absolute atomic E-state index is 0.0191. The summed E-state index contributed by atoms with van der Waals surface area (Å²) < 4.78 is 0. The molecule has 4 aromatic carbocycles. The van der Waals surface area contributed by atoms with Crippen molar-refractivity contribution in [2.24, 2.45) is 0 Å². The van der Waals surface area contributed by atoms with Crippen LogP contribution in [0.3, 0.4) is 0 Å². The zero-order valence-corrected chi connectivity index (χ0v) is 18.2. The molecule has 0 bridgehead atoms. The first-order chi connectivity index (χ1) is 15.5. The van der Waals surface area contributed by atoms with Crippen molar-refractivity contribution in [2.45, 2.75) is 25.9 Å². The van der Waals surface area contributed by atoms with Crippen LogP contribution in [0.5, 0.6) is 0 Å². The van der Waals surface area contributed by atoms with Crippen LogP contribution in [0, 0.1) is 6.57 Å². The fourth-order valence-corrected chi connectivity index (χ4v) is 4.71. The van der Waals surface area contributed by atoms with E-state index in [0.29, 0.717) is 5.69 Å². The summed E-state index contributed by atoms with van der Waals surface area (Å²) >= 11 is 0. The summed E-state index contributed by atoms with van der Waals surface area (Å²) in [7, 11) is 0. The minimum Gasteiger partial charge on any atom is -0.392 e. The second-order valence-corrected chi connectivity index (χ2v) is 8.69. The van der Waals surface area contributed by atoms with E-state index in [1.807, 2.05) is 48.5 Å². The van der Waals surface area contributed by atoms with Gasteiger partial charge in [-0.05, 0) is 64.2 Å². The highest BCUT2D eigenvalue weighted by Crippen LogP contribution is 2.50. The third-order valence-electron chi connectivity index (χ3n) is 6.44. The second kappa shape index (κ2) is 7.67. The van der Waals surface area contributed by atoms with E-state index < -0.39 is 0 Å². The Morgan fingerprint density at radius 2 is 1.34 bits per heavy atom. The number of fused-ring (bicyclic) bond motifs is 3. The molecular weight excluding hydrogens is 392 g/mol. The average Bonchev–Trinajstić information content (AvgIpc) is 3.07. The maximum atomic E-state index is 9.47. The molecule has 5 rings (SSSR count). The van der Waals surface area contributed by atoms with E-state index >= 15 is 0 Å². The van der Waals surface area contributed by atoms with E-state index in [9.17, 15) is 5.11 Å². The summed E-state index contributed by atoms with van der Waals surface area (Å²) in [6, 6.07) is 31.0. The molecule has 0 saturated heterocycles. The van der Waals surface area contributed by atoms with Crippen LogP contribution in [-0.4, -0.2) is 5.11 Å². The normalized spacial score (nSPS) is 13.2. The molecule has 0 unspecified atom stereocenters. The van der Waals surface area contributed by atoms with Crippen LogP contribution in [-0.2, 0) is 12.0 Å². The molecule has 1 N–H and O–H groups in total. The van der Waals surface area contributed by atoms with Crippen molar-refractivity contribution in [3.05, 3.63) is 119 Å². The smallest absolute Gasteiger partial charge is 0.187 e. The Morgan fingerprint density at radius 1 is 0.750 bits per heavy atom. The zero-order chi connectivity index (χ0) is 22.3. The first-order valence-electron chi connectivity index (χ1n) is 10.7. The molecule has 0 saturated carbocycles. The standard InChI is InChI=1S/C29H24N2O/c1-29(2)27-7-5-4-6-25(27)26-17-16-24(18-28(26)29)31(22-12-8-20(19-32)9-13-22)23-14-10-21(30-3)11-15-23/h4-18,32H,19H2,1-2H3. The second-order valence-electron chi connectivity index (χ2n) is 8.69. The average molecular weight is 417 g/mol. The molecule has 0 spiro atoms. The molecule has 156 valence electrons. The van der Waals surface area contributed by atoms with Crippen molar-refractivity contribution in [3.63, 3.8) is 0 Å². The zero-order valence-electron chi connectivity index (χ0n) is 18.2. The highest BCUT2D eigenvalue weighted by Gasteiger charge is 2.35. The van der Waals surface area contributed by atoms with Crippen LogP contribution in [0.25, 0.3) is 16.0 Å². The maximum absolute atomic E-state index is 9.47. The number of aliphatic hydroxyl groups excluding tert-OH is 1. The van der Waals surface area contributed by atoms with E-state index in [1.165, 1.54) is 22.3 Å². The number of anilines is 3. The van der Waals surface area contributed by atoms with Gasteiger partial charge >= 0.3 is 0 Å². The molecule has 3 heteroatoms. The van der Waals surface area contributed by atoms with Gasteiger partial charge in [0.1, 0.15) is 0 Å². The number of hydrogen-bond acceptors (Lipinski definition) is 2. The van der Waals surface area contributed by atoms with Crippen molar-refractivity contribution in [1.29, 1.82) is 0 Å². The van der Waals surface area contributed by atoms with Gasteiger partial charge in [0.2, 0.25) is 0 Å². The van der Waals surface area contributed by atoms with Crippen molar-refractivity contribution < 1.29 is 5.11 Å². The van der Waals surface area contributed by atoms with Crippen LogP contribution in [0.4, 0.5) is 22.7 Å². The number of rotatable bonds is 4. The fourth-order valence-electron chi connectivity index (χ4n) is 4.71. The lowest BCUT2D eigenvalue weighted by Crippen LogP contribution is -2.16. The summed E-state index contributed by atoms with van der Waals surface area (Å²) in [5.41, 5.74) is 9.73. The summed E-state index contributed by atoms with van der Waals surface area (Å²) in [5.74, 6) is 0. The van der Waals surface area contributed by atoms with Gasteiger partial charge in [0.15, 0.2) is 5.69 Å². The molecule has 32 heavy (non-hydrogen) atoms. The molecule has 0 aliphatic heterocycles. The van der Waals surface area contributed by atoms with E-state index in [1.54, 1.807) is 0 Å². The van der Waals surface area contributed by atoms with Crippen LogP contribution < -0.4 is 4.90 Å². The van der Waals surface area contributed by atoms with Gasteiger partial charge in [0, 0.05) is 22.5 Å². The summed E-state index contributed by atoms with van der Waals surface area (Å²) in [6.45, 7) is 11.9. The number of aliphatic hydroxyl groups is 1. The van der Waals surface area contributed by atoms with Gasteiger partial charge in [0.25, 0.3) is 0 Å². The molecular formula is C29H24N2O. The van der Waals surface area contributed by atoms with Crippen molar-refractivity contribution in [3.8, 4) is 11.1 Å². The Morgan fingerprint density at radius 3 is 2.00 bits per heavy atom. The van der Waals surface area contributed by atoms with Crippen LogP contribution >= 0.6 is 0 Å². The topological polar surface area (TPSA) is 27.8 Å². The maximum Gasteiger partial charge on any atom is 0.187 e. The Hall–Kier alpha value is -3.87. The molecule has 1 aliphatic carbocycles. The van der Waals surface area contributed by atoms with Crippen molar-refractivity contribution >= 4 is 22.7 Å². The lowest BCUT2D eigenvalue weighted by atomic mass is 9.82. The van der Waals surface area contributed by atoms with Crippen LogP contribution in [0.2, 0.25) is 0 Å². The molecule has 3 nitrogen and oxygen atoms in total. The molecule has 0 amide bonds. The molecule has 0 heterocycles. The third kappa shape index (κ3) is 3.17. The monoisotopic (exact) mass is 416 g/mol. The largest absolute Gasteiger partial charge is 0.392 e. The predicted molar refractivity (Wildman–Crippen MR) is 131 cm³/mol. The predicted octanol–water partition coefficient (Wildman–Crippen LogP) is 7.51. The highest BCUT2D eigenvalue weighted by molar-refractivity contribution is 5.85. The first kappa shape index (κ1) is 20.1. The summed E-state index contributed by atoms with van der Waals surface area (Å²) in [6.07, 6.45) is 0. The molecule has 0 atom stereocenters. The van der Waals surface area contributed by atoms with E-state index in [0.717, 1.165) is 22.6 Å². The molecule has 1 aliphatic rings. The first-order valence-corrected chi connectivity index (χ1v) is 10.7. The van der Waals surface area contributed by atoms with Crippen molar-refractivity contribution in [2.75, 3.05) is 4.90 Å². The third-order valence-corrected chi connectivity index (χ3v) is 6.44. The highest BCUT2D eigenvalue weighted by atomic mass is 16.3. The number of nitrogens with zero attached hydrogens (tertiary/aromatic N) is 2. The van der Waals surface area contributed by atoms with Crippen LogP contribution in [0.1, 0.15) is 30.5 Å². The van der Waals surface area contributed by atoms with Gasteiger partial charge in [-0.25, -0.2) is 4.85 Å². The number of hydrogen-bond donors (Lipinski definition) is 1. The number of benzene rings is 4. The van der Waals surface area contributed by atoms with Gasteiger partial charge < -0.3 is 10.0 Å². The van der Waals surface area contributed by atoms with Crippen molar-refractivity contribution in [1.82, 2.24) is 0 Å². The van der Waals surface area contributed by atoms with Gasteiger partial charge in [-0.2, -0.15) is 0 Å². The Bertz CT molecular complexity index is 1330. The Labute approximate surface area is 189 Å². The quantitative estimate of drug-likeness (QED) is 0.349. The fraction of sp³-hybridized carbons (Fsp3) is 0.138. The van der Waals surface area contributed by atoms with E-state index in [-0.39, 0.29) is 12.0 Å². The lowest BCUT2D eigenvalue weighted by Gasteiger charge is -2.28. The van der Waals surface area contributed by atoms with E-state index in [2.05, 4.69) is 66.1 Å². The Balaban J connectivity index is 1.67. The summed E-state index contributed by atoms with van der Waals surface area (Å²) in [4.78, 5) is 5.73. The lowest BCUT2D eigenvalue weighted by molar-refractivity contribution is 0.282. The van der Waals surface area contributed by atoms with Crippen LogP contribution in [0.15, 0.2) is 91.0 Å². The molecule has 0 radical (unpaired) electrons.